The maximum atomic E-state index is 12.8. The van der Waals surface area contributed by atoms with E-state index in [1.807, 2.05) is 11.9 Å². The zero-order chi connectivity index (χ0) is 20.3. The molecule has 8 nitrogen and oxygen atoms in total. The predicted octanol–water partition coefficient (Wildman–Crippen LogP) is -0.857. The van der Waals surface area contributed by atoms with Gasteiger partial charge in [-0.25, -0.2) is 0 Å². The Kier molecular flexibility index (Phi) is 8.35. The molecule has 0 aliphatic carbocycles. The summed E-state index contributed by atoms with van der Waals surface area (Å²) in [5.74, 6) is 0.245. The van der Waals surface area contributed by atoms with Crippen molar-refractivity contribution in [3.63, 3.8) is 0 Å². The standard InChI is InChI=1S/C18H34N2O6S/c1-5-6-10-7-11(20(3)8-10)17(25)19-12(9(2)21)16-14(23)13(22)15(24)18(26-16)27-4/h9-16,18,21-24H,5-8H2,1-4H3,(H,19,25)/t9-,10-,11+,12-,13?,14?,15?,16-,18?/m1/s1. The Labute approximate surface area is 165 Å². The summed E-state index contributed by atoms with van der Waals surface area (Å²) >= 11 is 1.20. The Morgan fingerprint density at radius 1 is 1.30 bits per heavy atom. The summed E-state index contributed by atoms with van der Waals surface area (Å²) < 4.78 is 5.72. The molecular weight excluding hydrogens is 372 g/mol. The smallest absolute Gasteiger partial charge is 0.237 e. The summed E-state index contributed by atoms with van der Waals surface area (Å²) in [5.41, 5.74) is -0.755. The van der Waals surface area contributed by atoms with Crippen molar-refractivity contribution in [3.8, 4) is 0 Å². The lowest BCUT2D eigenvalue weighted by Crippen LogP contribution is -2.65. The third-order valence-corrected chi connectivity index (χ3v) is 6.51. The molecule has 0 aromatic heterocycles. The zero-order valence-electron chi connectivity index (χ0n) is 16.5. The topological polar surface area (TPSA) is 122 Å². The van der Waals surface area contributed by atoms with E-state index < -0.39 is 42.0 Å². The lowest BCUT2D eigenvalue weighted by atomic mass is 9.92. The molecule has 0 spiro atoms. The maximum Gasteiger partial charge on any atom is 0.237 e. The molecule has 0 saturated carbocycles. The molecule has 1 amide bonds. The molecule has 0 bridgehead atoms. The van der Waals surface area contributed by atoms with Crippen molar-refractivity contribution < 1.29 is 30.0 Å². The van der Waals surface area contributed by atoms with Gasteiger partial charge in [-0.3, -0.25) is 9.69 Å². The molecule has 9 heteroatoms. The number of carbonyl (C=O) groups is 1. The van der Waals surface area contributed by atoms with Gasteiger partial charge in [0, 0.05) is 6.54 Å². The van der Waals surface area contributed by atoms with Crippen LogP contribution in [0.5, 0.6) is 0 Å². The Bertz CT molecular complexity index is 494. The lowest BCUT2D eigenvalue weighted by molar-refractivity contribution is -0.211. The van der Waals surface area contributed by atoms with Crippen LogP contribution in [0.1, 0.15) is 33.1 Å². The van der Waals surface area contributed by atoms with Gasteiger partial charge in [-0.15, -0.1) is 11.8 Å². The zero-order valence-corrected chi connectivity index (χ0v) is 17.3. The van der Waals surface area contributed by atoms with E-state index in [4.69, 9.17) is 4.74 Å². The van der Waals surface area contributed by atoms with Crippen LogP contribution in [0.25, 0.3) is 0 Å². The average molecular weight is 407 g/mol. The van der Waals surface area contributed by atoms with E-state index in [0.29, 0.717) is 5.92 Å². The van der Waals surface area contributed by atoms with Crippen LogP contribution < -0.4 is 5.32 Å². The SMILES string of the molecule is CCC[C@@H]1C[C@@H](C(=O)N[C@H]([C@@H](C)O)[C@H]2OC(SC)C(O)C(O)C2O)N(C)C1. The van der Waals surface area contributed by atoms with E-state index in [9.17, 15) is 25.2 Å². The molecule has 2 rings (SSSR count). The molecule has 2 heterocycles. The number of hydrogen-bond acceptors (Lipinski definition) is 8. The number of nitrogens with zero attached hydrogens (tertiary/aromatic N) is 1. The number of aliphatic hydroxyl groups excluding tert-OH is 4. The van der Waals surface area contributed by atoms with Crippen molar-refractivity contribution >= 4 is 17.7 Å². The Morgan fingerprint density at radius 2 is 1.96 bits per heavy atom. The molecule has 2 saturated heterocycles. The largest absolute Gasteiger partial charge is 0.391 e. The third-order valence-electron chi connectivity index (χ3n) is 5.66. The van der Waals surface area contributed by atoms with Crippen molar-refractivity contribution in [2.75, 3.05) is 19.8 Å². The number of amides is 1. The maximum absolute atomic E-state index is 12.8. The Balaban J connectivity index is 2.09. The van der Waals surface area contributed by atoms with Crippen LogP contribution in [0.3, 0.4) is 0 Å². The van der Waals surface area contributed by atoms with E-state index in [2.05, 4.69) is 12.2 Å². The highest BCUT2D eigenvalue weighted by Crippen LogP contribution is 2.30. The van der Waals surface area contributed by atoms with Gasteiger partial charge in [0.1, 0.15) is 29.9 Å². The monoisotopic (exact) mass is 406 g/mol. The van der Waals surface area contributed by atoms with Crippen molar-refractivity contribution in [2.24, 2.45) is 5.92 Å². The van der Waals surface area contributed by atoms with Crippen LogP contribution in [0.15, 0.2) is 0 Å². The van der Waals surface area contributed by atoms with Gasteiger partial charge in [-0.05, 0) is 39.0 Å². The van der Waals surface area contributed by atoms with Crippen LogP contribution in [0, 0.1) is 5.92 Å². The van der Waals surface area contributed by atoms with Gasteiger partial charge >= 0.3 is 0 Å². The second-order valence-electron chi connectivity index (χ2n) is 7.80. The molecule has 2 aliphatic rings. The van der Waals surface area contributed by atoms with Gasteiger partial charge in [0.15, 0.2) is 0 Å². The number of carbonyl (C=O) groups excluding carboxylic acids is 1. The number of aliphatic hydroxyl groups is 4. The number of likely N-dealkylation sites (N-methyl/N-ethyl adjacent to an activating group) is 1. The highest BCUT2D eigenvalue weighted by molar-refractivity contribution is 7.99. The average Bonchev–Trinajstić information content (AvgIpc) is 2.99. The second-order valence-corrected chi connectivity index (χ2v) is 8.73. The molecule has 2 aliphatic heterocycles. The minimum atomic E-state index is -1.42. The van der Waals surface area contributed by atoms with Crippen LogP contribution >= 0.6 is 11.8 Å². The van der Waals surface area contributed by atoms with E-state index in [0.717, 1.165) is 25.8 Å². The van der Waals surface area contributed by atoms with Gasteiger partial charge in [0.25, 0.3) is 0 Å². The minimum absolute atomic E-state index is 0.223. The highest BCUT2D eigenvalue weighted by atomic mass is 32.2. The number of thioether (sulfide) groups is 1. The summed E-state index contributed by atoms with van der Waals surface area (Å²) in [6.07, 6.45) is -1.50. The first-order chi connectivity index (χ1) is 12.7. The van der Waals surface area contributed by atoms with Gasteiger partial charge < -0.3 is 30.5 Å². The number of ether oxygens (including phenoxy) is 1. The Morgan fingerprint density at radius 3 is 2.52 bits per heavy atom. The third kappa shape index (κ3) is 5.14. The fourth-order valence-electron chi connectivity index (χ4n) is 4.13. The summed E-state index contributed by atoms with van der Waals surface area (Å²) in [5, 5.41) is 43.5. The molecule has 2 fully saturated rings. The first-order valence-corrected chi connectivity index (χ1v) is 10.9. The normalized spacial score (nSPS) is 39.9. The quantitative estimate of drug-likeness (QED) is 0.370. The molecule has 0 radical (unpaired) electrons. The second kappa shape index (κ2) is 9.87. The first-order valence-electron chi connectivity index (χ1n) is 9.62. The van der Waals surface area contributed by atoms with E-state index >= 15 is 0 Å². The predicted molar refractivity (Wildman–Crippen MR) is 103 cm³/mol. The molecule has 0 aromatic rings. The summed E-state index contributed by atoms with van der Waals surface area (Å²) in [6.45, 7) is 4.48. The van der Waals surface area contributed by atoms with Gasteiger partial charge in [-0.2, -0.15) is 0 Å². The molecular formula is C18H34N2O6S. The van der Waals surface area contributed by atoms with Crippen molar-refractivity contribution in [2.45, 2.75) is 81.1 Å². The molecule has 9 atom stereocenters. The number of hydrogen-bond donors (Lipinski definition) is 5. The molecule has 0 aromatic carbocycles. The van der Waals surface area contributed by atoms with Crippen LogP contribution in [0.2, 0.25) is 0 Å². The fraction of sp³-hybridized carbons (Fsp3) is 0.944. The molecule has 5 N–H and O–H groups in total. The summed E-state index contributed by atoms with van der Waals surface area (Å²) in [7, 11) is 1.91. The van der Waals surface area contributed by atoms with E-state index in [1.165, 1.54) is 18.7 Å². The summed E-state index contributed by atoms with van der Waals surface area (Å²) in [4.78, 5) is 14.9. The van der Waals surface area contributed by atoms with Gasteiger partial charge in [-0.1, -0.05) is 13.3 Å². The first kappa shape index (κ1) is 22.9. The van der Waals surface area contributed by atoms with Gasteiger partial charge in [0.2, 0.25) is 5.91 Å². The minimum Gasteiger partial charge on any atom is -0.391 e. The Hall–Kier alpha value is -0.420. The summed E-state index contributed by atoms with van der Waals surface area (Å²) in [6, 6.07) is -1.20. The molecule has 158 valence electrons. The fourth-order valence-corrected chi connectivity index (χ4v) is 4.81. The van der Waals surface area contributed by atoms with E-state index in [-0.39, 0.29) is 11.9 Å². The molecule has 4 unspecified atom stereocenters. The van der Waals surface area contributed by atoms with Gasteiger partial charge in [0.05, 0.1) is 18.2 Å². The van der Waals surface area contributed by atoms with Crippen molar-refractivity contribution in [1.82, 2.24) is 10.2 Å². The van der Waals surface area contributed by atoms with Crippen LogP contribution in [-0.4, -0.2) is 99.1 Å². The number of nitrogens with one attached hydrogen (secondary N) is 1. The highest BCUT2D eigenvalue weighted by Gasteiger charge is 2.48. The lowest BCUT2D eigenvalue weighted by Gasteiger charge is -2.44. The molecule has 27 heavy (non-hydrogen) atoms. The van der Waals surface area contributed by atoms with E-state index in [1.54, 1.807) is 6.26 Å². The van der Waals surface area contributed by atoms with Crippen molar-refractivity contribution in [3.05, 3.63) is 0 Å². The van der Waals surface area contributed by atoms with Crippen LogP contribution in [-0.2, 0) is 9.53 Å². The van der Waals surface area contributed by atoms with Crippen molar-refractivity contribution in [1.29, 1.82) is 0 Å². The van der Waals surface area contributed by atoms with Crippen LogP contribution in [0.4, 0.5) is 0 Å². The number of likely N-dealkylation sites (tertiary alicyclic amines) is 1. The number of rotatable bonds is 7.